The summed E-state index contributed by atoms with van der Waals surface area (Å²) in [6, 6.07) is 4.31. The number of esters is 1. The number of para-hydroxylation sites is 1. The Hall–Kier alpha value is -2.73. The van der Waals surface area contributed by atoms with Gasteiger partial charge in [-0.05, 0) is 51.2 Å². The zero-order valence-corrected chi connectivity index (χ0v) is 27.5. The molecular weight excluding hydrogens is 654 g/mol. The fourth-order valence-corrected chi connectivity index (χ4v) is 8.01. The SMILES string of the molecule is C=CCCC(=O)NC[C@@H](C)OC(=O)[C@H]1[C@@H]2O[C@@]3(CC2Br)[C@@H]1C(=O)N(CCCCO)[C@@H]3C(=O)N(CC=C)c1c(C)cccc1Cl. The first kappa shape index (κ1) is 34.1. The Morgan fingerprint density at radius 3 is 2.73 bits per heavy atom. The molecule has 1 aromatic carbocycles. The van der Waals surface area contributed by atoms with Gasteiger partial charge in [-0.25, -0.2) is 0 Å². The molecule has 3 aliphatic heterocycles. The molecule has 3 amide bonds. The maximum atomic E-state index is 14.7. The largest absolute Gasteiger partial charge is 0.460 e. The van der Waals surface area contributed by atoms with Gasteiger partial charge in [-0.1, -0.05) is 51.8 Å². The van der Waals surface area contributed by atoms with Gasteiger partial charge in [-0.2, -0.15) is 0 Å². The second-order valence-electron chi connectivity index (χ2n) is 11.6. The van der Waals surface area contributed by atoms with Crippen molar-refractivity contribution in [3.8, 4) is 0 Å². The van der Waals surface area contributed by atoms with E-state index >= 15 is 0 Å². The van der Waals surface area contributed by atoms with Gasteiger partial charge in [0.15, 0.2) is 0 Å². The van der Waals surface area contributed by atoms with Crippen molar-refractivity contribution >= 4 is 56.9 Å². The summed E-state index contributed by atoms with van der Waals surface area (Å²) in [6.45, 7) is 11.4. The molecule has 240 valence electrons. The maximum absolute atomic E-state index is 14.7. The number of benzene rings is 1. The van der Waals surface area contributed by atoms with Gasteiger partial charge in [0.2, 0.25) is 11.8 Å². The molecule has 3 saturated heterocycles. The number of nitrogens with one attached hydrogen (secondary N) is 1. The first-order valence-electron chi connectivity index (χ1n) is 15.0. The monoisotopic (exact) mass is 693 g/mol. The zero-order chi connectivity index (χ0) is 32.2. The number of fused-ring (bicyclic) bond motifs is 1. The van der Waals surface area contributed by atoms with Crippen LogP contribution in [0.2, 0.25) is 5.02 Å². The van der Waals surface area contributed by atoms with Gasteiger partial charge in [0, 0.05) is 30.9 Å². The molecule has 4 rings (SSSR count). The van der Waals surface area contributed by atoms with Gasteiger partial charge in [-0.15, -0.1) is 13.2 Å². The number of anilines is 1. The van der Waals surface area contributed by atoms with Crippen molar-refractivity contribution in [1.29, 1.82) is 0 Å². The van der Waals surface area contributed by atoms with Crippen LogP contribution < -0.4 is 10.2 Å². The van der Waals surface area contributed by atoms with E-state index in [0.717, 1.165) is 5.56 Å². The van der Waals surface area contributed by atoms with Crippen LogP contribution in [0.1, 0.15) is 44.6 Å². The van der Waals surface area contributed by atoms with E-state index < -0.39 is 41.7 Å². The molecule has 0 aliphatic carbocycles. The summed E-state index contributed by atoms with van der Waals surface area (Å²) in [6.07, 6.45) is 3.97. The van der Waals surface area contributed by atoms with E-state index in [1.54, 1.807) is 31.2 Å². The summed E-state index contributed by atoms with van der Waals surface area (Å²) in [5, 5.41) is 12.6. The van der Waals surface area contributed by atoms with Crippen LogP contribution in [0.5, 0.6) is 0 Å². The van der Waals surface area contributed by atoms with Crippen molar-refractivity contribution in [2.45, 2.75) is 74.6 Å². The van der Waals surface area contributed by atoms with Crippen LogP contribution in [0.4, 0.5) is 5.69 Å². The molecule has 3 aliphatic rings. The summed E-state index contributed by atoms with van der Waals surface area (Å²) >= 11 is 10.3. The highest BCUT2D eigenvalue weighted by molar-refractivity contribution is 9.09. The number of alkyl halides is 1. The number of allylic oxidation sites excluding steroid dienone is 1. The number of carbonyl (C=O) groups is 4. The molecule has 12 heteroatoms. The highest BCUT2D eigenvalue weighted by atomic mass is 79.9. The van der Waals surface area contributed by atoms with E-state index in [1.807, 2.05) is 13.0 Å². The topological polar surface area (TPSA) is 125 Å². The van der Waals surface area contributed by atoms with Crippen molar-refractivity contribution < 1.29 is 33.8 Å². The molecule has 0 saturated carbocycles. The summed E-state index contributed by atoms with van der Waals surface area (Å²) in [5.74, 6) is -3.42. The molecule has 2 N–H and O–H groups in total. The molecule has 1 aromatic rings. The van der Waals surface area contributed by atoms with Gasteiger partial charge in [0.1, 0.15) is 17.7 Å². The zero-order valence-electron chi connectivity index (χ0n) is 25.2. The predicted molar refractivity (Wildman–Crippen MR) is 170 cm³/mol. The lowest BCUT2D eigenvalue weighted by Crippen LogP contribution is -2.57. The van der Waals surface area contributed by atoms with Crippen molar-refractivity contribution in [2.24, 2.45) is 11.8 Å². The second kappa shape index (κ2) is 14.6. The van der Waals surface area contributed by atoms with Crippen LogP contribution in [0, 0.1) is 18.8 Å². The number of amides is 3. The molecular formula is C32H41BrClN3O7. The van der Waals surface area contributed by atoms with Gasteiger partial charge >= 0.3 is 5.97 Å². The third-order valence-electron chi connectivity index (χ3n) is 8.62. The Morgan fingerprint density at radius 1 is 1.32 bits per heavy atom. The number of likely N-dealkylation sites (tertiary alicyclic amines) is 1. The third kappa shape index (κ3) is 6.47. The highest BCUT2D eigenvalue weighted by Gasteiger charge is 2.77. The minimum absolute atomic E-state index is 0.0599. The van der Waals surface area contributed by atoms with E-state index in [9.17, 15) is 24.3 Å². The van der Waals surface area contributed by atoms with Crippen LogP contribution in [0.25, 0.3) is 0 Å². The Bertz CT molecular complexity index is 1270. The number of carbonyl (C=O) groups excluding carboxylic acids is 4. The number of halogens is 2. The lowest BCUT2D eigenvalue weighted by atomic mass is 9.70. The van der Waals surface area contributed by atoms with Gasteiger partial charge in [0.05, 0.1) is 35.2 Å². The number of ether oxygens (including phenoxy) is 2. The van der Waals surface area contributed by atoms with E-state index in [2.05, 4.69) is 34.4 Å². The molecule has 3 fully saturated rings. The lowest BCUT2D eigenvalue weighted by Gasteiger charge is -2.37. The lowest BCUT2D eigenvalue weighted by molar-refractivity contribution is -0.159. The molecule has 3 heterocycles. The number of nitrogens with zero attached hydrogens (tertiary/aromatic N) is 2. The van der Waals surface area contributed by atoms with Crippen molar-refractivity contribution in [3.05, 3.63) is 54.1 Å². The van der Waals surface area contributed by atoms with Gasteiger partial charge in [-0.3, -0.25) is 19.2 Å². The first-order valence-corrected chi connectivity index (χ1v) is 16.3. The molecule has 2 bridgehead atoms. The van der Waals surface area contributed by atoms with Crippen LogP contribution >= 0.6 is 27.5 Å². The predicted octanol–water partition coefficient (Wildman–Crippen LogP) is 3.70. The molecule has 0 aromatic heterocycles. The number of aliphatic hydroxyl groups is 1. The molecule has 1 unspecified atom stereocenters. The smallest absolute Gasteiger partial charge is 0.312 e. The number of aryl methyl sites for hydroxylation is 1. The minimum Gasteiger partial charge on any atom is -0.460 e. The van der Waals surface area contributed by atoms with E-state index in [-0.39, 0.29) is 55.2 Å². The number of hydrogen-bond donors (Lipinski definition) is 2. The second-order valence-corrected chi connectivity index (χ2v) is 13.2. The number of aliphatic hydroxyl groups excluding tert-OH is 1. The van der Waals surface area contributed by atoms with Crippen LogP contribution in [-0.2, 0) is 28.7 Å². The van der Waals surface area contributed by atoms with E-state index in [4.69, 9.17) is 21.1 Å². The summed E-state index contributed by atoms with van der Waals surface area (Å²) in [4.78, 5) is 57.4. The van der Waals surface area contributed by atoms with Gasteiger partial charge in [0.25, 0.3) is 5.91 Å². The van der Waals surface area contributed by atoms with Gasteiger partial charge < -0.3 is 29.7 Å². The normalized spacial score (nSPS) is 27.5. The Morgan fingerprint density at radius 2 is 2.07 bits per heavy atom. The third-order valence-corrected chi connectivity index (χ3v) is 9.77. The highest BCUT2D eigenvalue weighted by Crippen LogP contribution is 2.60. The van der Waals surface area contributed by atoms with Crippen LogP contribution in [0.3, 0.4) is 0 Å². The molecule has 0 radical (unpaired) electrons. The maximum Gasteiger partial charge on any atom is 0.312 e. The first-order chi connectivity index (χ1) is 21.0. The standard InChI is InChI=1S/C32H41BrClN3O7/c1-5-7-13-23(39)35-18-20(4)43-31(42)24-25-29(40)37(15-8-9-16-38)28(32(25)17-21(33)27(24)44-32)30(41)36(14-6-2)26-19(3)11-10-12-22(26)34/h5-6,10-12,20-21,24-25,27-28,38H,1-2,7-9,13-18H2,3-4H3,(H,35,39)/t20-,21?,24-,25+,27-,28-,32+/m1/s1. The van der Waals surface area contributed by atoms with Crippen molar-refractivity contribution in [2.75, 3.05) is 31.1 Å². The number of rotatable bonds is 15. The average Bonchev–Trinajstić information content (AvgIpc) is 3.57. The summed E-state index contributed by atoms with van der Waals surface area (Å²) < 4.78 is 12.3. The average molecular weight is 695 g/mol. The van der Waals surface area contributed by atoms with E-state index in [0.29, 0.717) is 36.4 Å². The van der Waals surface area contributed by atoms with Crippen LogP contribution in [0.15, 0.2) is 43.5 Å². The summed E-state index contributed by atoms with van der Waals surface area (Å²) in [7, 11) is 0. The molecule has 1 spiro atoms. The Labute approximate surface area is 271 Å². The molecule has 44 heavy (non-hydrogen) atoms. The fourth-order valence-electron chi connectivity index (χ4n) is 6.74. The molecule has 7 atom stereocenters. The van der Waals surface area contributed by atoms with Crippen LogP contribution in [-0.4, -0.2) is 88.6 Å². The number of unbranched alkanes of at least 4 members (excludes halogenated alkanes) is 1. The number of hydrogen-bond acceptors (Lipinski definition) is 7. The van der Waals surface area contributed by atoms with Crippen molar-refractivity contribution in [3.63, 3.8) is 0 Å². The fraction of sp³-hybridized carbons (Fsp3) is 0.562. The Kier molecular flexibility index (Phi) is 11.3. The van der Waals surface area contributed by atoms with Crippen molar-refractivity contribution in [1.82, 2.24) is 10.2 Å². The summed E-state index contributed by atoms with van der Waals surface area (Å²) in [5.41, 5.74) is 0.0107. The van der Waals surface area contributed by atoms with E-state index in [1.165, 1.54) is 9.80 Å². The minimum atomic E-state index is -1.29. The quantitative estimate of drug-likeness (QED) is 0.124. The Balaban J connectivity index is 1.66. The molecule has 10 nitrogen and oxygen atoms in total.